The van der Waals surface area contributed by atoms with Gasteiger partial charge in [0.25, 0.3) is 0 Å². The molecule has 0 aliphatic heterocycles. The second-order valence-corrected chi connectivity index (χ2v) is 5.37. The zero-order valence-corrected chi connectivity index (χ0v) is 12.2. The molecule has 0 amide bonds. The summed E-state index contributed by atoms with van der Waals surface area (Å²) in [5, 5.41) is 4.10. The monoisotopic (exact) mass is 271 g/mol. The first kappa shape index (κ1) is 14.8. The van der Waals surface area contributed by atoms with E-state index in [1.165, 1.54) is 18.3 Å². The lowest BCUT2D eigenvalue weighted by Gasteiger charge is -2.10. The number of nitrogens with zero attached hydrogens (tertiary/aromatic N) is 1. The summed E-state index contributed by atoms with van der Waals surface area (Å²) in [6.45, 7) is 3.35. The van der Waals surface area contributed by atoms with E-state index < -0.39 is 0 Å². The molecule has 0 aliphatic rings. The third kappa shape index (κ3) is 3.61. The van der Waals surface area contributed by atoms with Crippen molar-refractivity contribution in [1.29, 1.82) is 0 Å². The molecule has 102 valence electrons. The number of nitrogens with one attached hydrogen (secondary N) is 1. The molecule has 0 saturated carbocycles. The van der Waals surface area contributed by atoms with Gasteiger partial charge in [0.2, 0.25) is 0 Å². The zero-order chi connectivity index (χ0) is 13.7. The summed E-state index contributed by atoms with van der Waals surface area (Å²) in [6.07, 6.45) is 1.02. The summed E-state index contributed by atoms with van der Waals surface area (Å²) < 4.78 is 5.25. The number of carbonyl (C=O) groups is 1. The van der Waals surface area contributed by atoms with Gasteiger partial charge in [0, 0.05) is 13.5 Å². The Morgan fingerprint density at radius 3 is 2.67 bits per heavy atom. The van der Waals surface area contributed by atoms with E-state index in [4.69, 9.17) is 10.5 Å². The predicted molar refractivity (Wildman–Crippen MR) is 76.9 cm³/mol. The van der Waals surface area contributed by atoms with Gasteiger partial charge in [-0.15, -0.1) is 11.3 Å². The Balaban J connectivity index is 2.70. The number of carbonyl (C=O) groups excluding carboxylic acids is 1. The van der Waals surface area contributed by atoms with Crippen LogP contribution in [0.1, 0.15) is 23.0 Å². The molecule has 0 bridgehead atoms. The first-order valence-corrected chi connectivity index (χ1v) is 6.64. The van der Waals surface area contributed by atoms with Gasteiger partial charge in [0.05, 0.1) is 17.7 Å². The summed E-state index contributed by atoms with van der Waals surface area (Å²) in [6, 6.07) is 0. The molecule has 1 aromatic rings. The second-order valence-electron chi connectivity index (χ2n) is 4.35. The Labute approximate surface area is 112 Å². The first-order valence-electron chi connectivity index (χ1n) is 5.83. The maximum absolute atomic E-state index is 11.4. The molecule has 0 fully saturated rings. The predicted octanol–water partition coefficient (Wildman–Crippen LogP) is 1.91. The molecule has 0 aliphatic carbocycles. The lowest BCUT2D eigenvalue weighted by molar-refractivity contribution is 0.102. The van der Waals surface area contributed by atoms with E-state index in [0.29, 0.717) is 16.3 Å². The SMILES string of the molecule is COc1c(NCCCN(C)C)sc(C(C)=O)c1N. The third-order valence-corrected chi connectivity index (χ3v) is 3.74. The van der Waals surface area contributed by atoms with E-state index in [2.05, 4.69) is 10.2 Å². The van der Waals surface area contributed by atoms with E-state index in [-0.39, 0.29) is 5.78 Å². The highest BCUT2D eigenvalue weighted by atomic mass is 32.1. The van der Waals surface area contributed by atoms with Gasteiger partial charge in [-0.1, -0.05) is 0 Å². The van der Waals surface area contributed by atoms with Crippen molar-refractivity contribution in [3.8, 4) is 5.75 Å². The molecule has 0 spiro atoms. The molecule has 5 nitrogen and oxygen atoms in total. The first-order chi connectivity index (χ1) is 8.47. The lowest BCUT2D eigenvalue weighted by atomic mass is 10.3. The fourth-order valence-corrected chi connectivity index (χ4v) is 2.62. The Bertz CT molecular complexity index is 416. The number of Topliss-reactive ketones (excluding diaryl/α,β-unsaturated/α-hetero) is 1. The number of hydrogen-bond acceptors (Lipinski definition) is 6. The smallest absolute Gasteiger partial charge is 0.176 e. The number of hydrogen-bond donors (Lipinski definition) is 2. The van der Waals surface area contributed by atoms with E-state index in [9.17, 15) is 4.79 Å². The maximum Gasteiger partial charge on any atom is 0.176 e. The van der Waals surface area contributed by atoms with Gasteiger partial charge in [-0.05, 0) is 27.1 Å². The van der Waals surface area contributed by atoms with Crippen LogP contribution in [0, 0.1) is 0 Å². The van der Waals surface area contributed by atoms with Crippen LogP contribution in [0.2, 0.25) is 0 Å². The topological polar surface area (TPSA) is 67.6 Å². The normalized spacial score (nSPS) is 10.7. The van der Waals surface area contributed by atoms with E-state index in [0.717, 1.165) is 24.5 Å². The van der Waals surface area contributed by atoms with Crippen molar-refractivity contribution in [2.45, 2.75) is 13.3 Å². The average Bonchev–Trinajstić information content (AvgIpc) is 2.61. The molecular formula is C12H21N3O2S. The van der Waals surface area contributed by atoms with Gasteiger partial charge in [-0.25, -0.2) is 0 Å². The van der Waals surface area contributed by atoms with E-state index >= 15 is 0 Å². The fraction of sp³-hybridized carbons (Fsp3) is 0.583. The molecule has 6 heteroatoms. The minimum atomic E-state index is -0.0304. The molecule has 1 rings (SSSR count). The van der Waals surface area contributed by atoms with Gasteiger partial charge in [-0.3, -0.25) is 4.79 Å². The Kier molecular flexibility index (Phi) is 5.43. The molecule has 0 atom stereocenters. The molecule has 0 radical (unpaired) electrons. The molecule has 18 heavy (non-hydrogen) atoms. The Morgan fingerprint density at radius 2 is 2.17 bits per heavy atom. The number of thiophene rings is 1. The highest BCUT2D eigenvalue weighted by molar-refractivity contribution is 7.19. The molecule has 0 unspecified atom stereocenters. The third-order valence-electron chi connectivity index (χ3n) is 2.49. The van der Waals surface area contributed by atoms with Crippen molar-refractivity contribution in [3.05, 3.63) is 4.88 Å². The highest BCUT2D eigenvalue weighted by Gasteiger charge is 2.18. The number of anilines is 2. The van der Waals surface area contributed by atoms with Crippen molar-refractivity contribution in [1.82, 2.24) is 4.90 Å². The number of rotatable bonds is 7. The summed E-state index contributed by atoms with van der Waals surface area (Å²) in [5.41, 5.74) is 6.32. The van der Waals surface area contributed by atoms with Crippen LogP contribution in [0.3, 0.4) is 0 Å². The van der Waals surface area contributed by atoms with Crippen LogP contribution in [0.4, 0.5) is 10.7 Å². The fourth-order valence-electron chi connectivity index (χ4n) is 1.61. The second kappa shape index (κ2) is 6.61. The summed E-state index contributed by atoms with van der Waals surface area (Å²) >= 11 is 1.35. The highest BCUT2D eigenvalue weighted by Crippen LogP contribution is 2.42. The average molecular weight is 271 g/mol. The summed E-state index contributed by atoms with van der Waals surface area (Å²) in [4.78, 5) is 14.1. The van der Waals surface area contributed by atoms with Gasteiger partial charge in [0.1, 0.15) is 5.00 Å². The van der Waals surface area contributed by atoms with E-state index in [1.54, 1.807) is 7.11 Å². The molecular weight excluding hydrogens is 250 g/mol. The van der Waals surface area contributed by atoms with Crippen molar-refractivity contribution < 1.29 is 9.53 Å². The van der Waals surface area contributed by atoms with Crippen molar-refractivity contribution in [2.75, 3.05) is 45.3 Å². The Morgan fingerprint density at radius 1 is 1.50 bits per heavy atom. The zero-order valence-electron chi connectivity index (χ0n) is 11.4. The van der Waals surface area contributed by atoms with Crippen molar-refractivity contribution >= 4 is 27.8 Å². The molecule has 3 N–H and O–H groups in total. The van der Waals surface area contributed by atoms with Gasteiger partial charge in [-0.2, -0.15) is 0 Å². The molecule has 1 aromatic heterocycles. The minimum absolute atomic E-state index is 0.0304. The van der Waals surface area contributed by atoms with Crippen LogP contribution in [0.5, 0.6) is 5.75 Å². The summed E-state index contributed by atoms with van der Waals surface area (Å²) in [5.74, 6) is 0.548. The van der Waals surface area contributed by atoms with Crippen molar-refractivity contribution in [2.24, 2.45) is 0 Å². The minimum Gasteiger partial charge on any atom is -0.492 e. The van der Waals surface area contributed by atoms with Crippen LogP contribution in [-0.4, -0.2) is 45.0 Å². The number of ether oxygens (including phenoxy) is 1. The van der Waals surface area contributed by atoms with Crippen LogP contribution in [-0.2, 0) is 0 Å². The lowest BCUT2D eigenvalue weighted by Crippen LogP contribution is -2.16. The van der Waals surface area contributed by atoms with Crippen LogP contribution >= 0.6 is 11.3 Å². The van der Waals surface area contributed by atoms with E-state index in [1.807, 2.05) is 14.1 Å². The Hall–Kier alpha value is -1.27. The van der Waals surface area contributed by atoms with Crippen molar-refractivity contribution in [3.63, 3.8) is 0 Å². The number of nitrogens with two attached hydrogens (primary N) is 1. The summed E-state index contributed by atoms with van der Waals surface area (Å²) in [7, 11) is 5.64. The van der Waals surface area contributed by atoms with Crippen LogP contribution in [0.15, 0.2) is 0 Å². The number of ketones is 1. The standard InChI is InChI=1S/C12H21N3O2S/c1-8(16)11-9(13)10(17-4)12(18-11)14-6-5-7-15(2)3/h14H,5-7,13H2,1-4H3. The van der Waals surface area contributed by atoms with Gasteiger partial charge >= 0.3 is 0 Å². The van der Waals surface area contributed by atoms with Crippen LogP contribution < -0.4 is 15.8 Å². The molecule has 1 heterocycles. The quantitative estimate of drug-likeness (QED) is 0.585. The number of methoxy groups -OCH3 is 1. The van der Waals surface area contributed by atoms with Gasteiger partial charge < -0.3 is 20.7 Å². The van der Waals surface area contributed by atoms with Crippen LogP contribution in [0.25, 0.3) is 0 Å². The largest absolute Gasteiger partial charge is 0.492 e. The van der Waals surface area contributed by atoms with Gasteiger partial charge in [0.15, 0.2) is 11.5 Å². The molecule has 0 aromatic carbocycles. The molecule has 0 saturated heterocycles. The number of nitrogen functional groups attached to an aromatic ring is 1. The maximum atomic E-state index is 11.4.